The monoisotopic (exact) mass is 429 g/mol. The molecule has 4 nitrogen and oxygen atoms in total. The topological polar surface area (TPSA) is 58.6 Å². The van der Waals surface area contributed by atoms with Gasteiger partial charge in [-0.15, -0.1) is 0 Å². The number of anilines is 1. The quantitative estimate of drug-likeness (QED) is 0.507. The Kier molecular flexibility index (Phi) is 5.82. The summed E-state index contributed by atoms with van der Waals surface area (Å²) in [6.07, 6.45) is 2.09. The van der Waals surface area contributed by atoms with Crippen molar-refractivity contribution in [1.29, 1.82) is 0 Å². The number of aryl methyl sites for hydroxylation is 1. The summed E-state index contributed by atoms with van der Waals surface area (Å²) in [5.41, 5.74) is 6.83. The molecule has 4 rings (SSSR count). The summed E-state index contributed by atoms with van der Waals surface area (Å²) >= 11 is 0. The Hall–Kier alpha value is -3.86. The standard InChI is InChI=1S/C27H24FNO3/c1-16-5-4-6-20(11-16)29-27(31)15-23-17(2)22(21-9-8-19(28)14-24(21)23)12-18-7-10-25(30)26(13-18)32-3/h4-14,30H,15H2,1-3H3,(H,29,31)/b22-12-. The molecule has 0 saturated heterocycles. The molecule has 1 aliphatic carbocycles. The number of methoxy groups -OCH3 is 1. The lowest BCUT2D eigenvalue weighted by Crippen LogP contribution is -2.12. The van der Waals surface area contributed by atoms with Crippen LogP contribution in [0.2, 0.25) is 0 Å². The Morgan fingerprint density at radius 2 is 1.88 bits per heavy atom. The second kappa shape index (κ2) is 8.71. The molecule has 162 valence electrons. The van der Waals surface area contributed by atoms with Gasteiger partial charge in [-0.05, 0) is 95.3 Å². The van der Waals surface area contributed by atoms with Crippen molar-refractivity contribution in [1.82, 2.24) is 0 Å². The fraction of sp³-hybridized carbons (Fsp3) is 0.148. The van der Waals surface area contributed by atoms with Crippen molar-refractivity contribution in [2.75, 3.05) is 12.4 Å². The molecule has 5 heteroatoms. The van der Waals surface area contributed by atoms with Crippen molar-refractivity contribution in [2.45, 2.75) is 20.3 Å². The number of rotatable bonds is 5. The van der Waals surface area contributed by atoms with E-state index in [0.717, 1.165) is 44.7 Å². The first-order valence-electron chi connectivity index (χ1n) is 10.3. The van der Waals surface area contributed by atoms with Gasteiger partial charge in [0.05, 0.1) is 13.5 Å². The van der Waals surface area contributed by atoms with Gasteiger partial charge in [-0.2, -0.15) is 0 Å². The number of hydrogen-bond donors (Lipinski definition) is 2. The van der Waals surface area contributed by atoms with Gasteiger partial charge in [-0.3, -0.25) is 4.79 Å². The summed E-state index contributed by atoms with van der Waals surface area (Å²) in [6, 6.07) is 17.3. The fourth-order valence-corrected chi connectivity index (χ4v) is 4.02. The highest BCUT2D eigenvalue weighted by molar-refractivity contribution is 6.09. The van der Waals surface area contributed by atoms with E-state index in [-0.39, 0.29) is 23.9 Å². The number of carbonyl (C=O) groups is 1. The largest absolute Gasteiger partial charge is 0.504 e. The first-order chi connectivity index (χ1) is 15.4. The van der Waals surface area contributed by atoms with Crippen molar-refractivity contribution in [3.63, 3.8) is 0 Å². The maximum atomic E-state index is 14.1. The number of allylic oxidation sites excluding steroid dienone is 2. The zero-order chi connectivity index (χ0) is 22.8. The minimum atomic E-state index is -0.347. The Labute approximate surface area is 186 Å². The normalized spacial score (nSPS) is 13.9. The predicted molar refractivity (Wildman–Crippen MR) is 126 cm³/mol. The molecule has 3 aromatic rings. The molecular weight excluding hydrogens is 405 g/mol. The van der Waals surface area contributed by atoms with Crippen molar-refractivity contribution in [2.24, 2.45) is 0 Å². The minimum Gasteiger partial charge on any atom is -0.504 e. The number of halogens is 1. The highest BCUT2D eigenvalue weighted by Gasteiger charge is 2.26. The molecule has 0 atom stereocenters. The molecule has 0 spiro atoms. The van der Waals surface area contributed by atoms with Crippen LogP contribution in [-0.2, 0) is 4.79 Å². The average Bonchev–Trinajstić information content (AvgIpc) is 3.00. The zero-order valence-corrected chi connectivity index (χ0v) is 18.2. The molecule has 2 N–H and O–H groups in total. The van der Waals surface area contributed by atoms with Crippen LogP contribution < -0.4 is 10.1 Å². The lowest BCUT2D eigenvalue weighted by Gasteiger charge is -2.09. The van der Waals surface area contributed by atoms with E-state index >= 15 is 0 Å². The van der Waals surface area contributed by atoms with Gasteiger partial charge in [0.15, 0.2) is 11.5 Å². The number of ether oxygens (including phenoxy) is 1. The second-order valence-corrected chi connectivity index (χ2v) is 7.88. The van der Waals surface area contributed by atoms with E-state index in [9.17, 15) is 14.3 Å². The van der Waals surface area contributed by atoms with Crippen molar-refractivity contribution >= 4 is 28.8 Å². The lowest BCUT2D eigenvalue weighted by molar-refractivity contribution is -0.115. The first-order valence-corrected chi connectivity index (χ1v) is 10.3. The number of aromatic hydroxyl groups is 1. The molecule has 0 aromatic heterocycles. The van der Waals surface area contributed by atoms with E-state index in [0.29, 0.717) is 5.75 Å². The van der Waals surface area contributed by atoms with Gasteiger partial charge in [0, 0.05) is 5.69 Å². The van der Waals surface area contributed by atoms with E-state index in [1.54, 1.807) is 24.3 Å². The Balaban J connectivity index is 1.70. The molecule has 0 saturated carbocycles. The fourth-order valence-electron chi connectivity index (χ4n) is 4.02. The van der Waals surface area contributed by atoms with Gasteiger partial charge in [-0.1, -0.05) is 24.3 Å². The number of fused-ring (bicyclic) bond motifs is 1. The van der Waals surface area contributed by atoms with E-state index in [2.05, 4.69) is 5.32 Å². The van der Waals surface area contributed by atoms with Crippen LogP contribution in [-0.4, -0.2) is 18.1 Å². The number of nitrogens with one attached hydrogen (secondary N) is 1. The van der Waals surface area contributed by atoms with Crippen LogP contribution in [0.3, 0.4) is 0 Å². The van der Waals surface area contributed by atoms with Crippen LogP contribution in [0, 0.1) is 12.7 Å². The van der Waals surface area contributed by atoms with Gasteiger partial charge in [-0.25, -0.2) is 4.39 Å². The van der Waals surface area contributed by atoms with E-state index < -0.39 is 0 Å². The third-order valence-electron chi connectivity index (χ3n) is 5.61. The molecule has 3 aromatic carbocycles. The van der Waals surface area contributed by atoms with Gasteiger partial charge < -0.3 is 15.2 Å². The van der Waals surface area contributed by atoms with Crippen LogP contribution in [0.1, 0.15) is 35.6 Å². The third-order valence-corrected chi connectivity index (χ3v) is 5.61. The summed E-state index contributed by atoms with van der Waals surface area (Å²) in [4.78, 5) is 12.8. The van der Waals surface area contributed by atoms with Gasteiger partial charge in [0.1, 0.15) is 5.82 Å². The molecule has 0 aliphatic heterocycles. The lowest BCUT2D eigenvalue weighted by atomic mass is 10.0. The molecule has 0 radical (unpaired) electrons. The van der Waals surface area contributed by atoms with Crippen molar-refractivity contribution in [3.05, 3.63) is 94.3 Å². The highest BCUT2D eigenvalue weighted by atomic mass is 19.1. The van der Waals surface area contributed by atoms with E-state index in [1.165, 1.54) is 19.2 Å². The molecule has 0 heterocycles. The number of hydrogen-bond acceptors (Lipinski definition) is 3. The number of phenolic OH excluding ortho intramolecular Hbond substituents is 1. The number of benzene rings is 3. The molecular formula is C27H24FNO3. The maximum Gasteiger partial charge on any atom is 0.228 e. The molecule has 1 amide bonds. The molecule has 0 unspecified atom stereocenters. The van der Waals surface area contributed by atoms with Gasteiger partial charge in [0.2, 0.25) is 5.91 Å². The van der Waals surface area contributed by atoms with Gasteiger partial charge in [0.25, 0.3) is 0 Å². The average molecular weight is 429 g/mol. The summed E-state index contributed by atoms with van der Waals surface area (Å²) in [6.45, 7) is 3.91. The smallest absolute Gasteiger partial charge is 0.228 e. The molecule has 1 aliphatic rings. The first kappa shape index (κ1) is 21.4. The highest BCUT2D eigenvalue weighted by Crippen LogP contribution is 2.44. The maximum absolute atomic E-state index is 14.1. The second-order valence-electron chi connectivity index (χ2n) is 7.88. The van der Waals surface area contributed by atoms with Crippen LogP contribution in [0.4, 0.5) is 10.1 Å². The van der Waals surface area contributed by atoms with E-state index in [1.807, 2.05) is 44.2 Å². The van der Waals surface area contributed by atoms with Crippen LogP contribution >= 0.6 is 0 Å². The van der Waals surface area contributed by atoms with Gasteiger partial charge >= 0.3 is 0 Å². The SMILES string of the molecule is COc1cc(/C=C2/C(C)=C(CC(=O)Nc3cccc(C)c3)c3cc(F)ccc32)ccc1O. The number of phenols is 1. The Bertz CT molecular complexity index is 1270. The van der Waals surface area contributed by atoms with Crippen LogP contribution in [0.15, 0.2) is 66.2 Å². The predicted octanol–water partition coefficient (Wildman–Crippen LogP) is 6.20. The van der Waals surface area contributed by atoms with Crippen molar-refractivity contribution in [3.8, 4) is 11.5 Å². The Morgan fingerprint density at radius 1 is 1.06 bits per heavy atom. The van der Waals surface area contributed by atoms with Crippen molar-refractivity contribution < 1.29 is 19.0 Å². The zero-order valence-electron chi connectivity index (χ0n) is 18.2. The molecule has 32 heavy (non-hydrogen) atoms. The summed E-state index contributed by atoms with van der Waals surface area (Å²) in [5, 5.41) is 12.8. The molecule has 0 fully saturated rings. The van der Waals surface area contributed by atoms with Crippen LogP contribution in [0.25, 0.3) is 17.2 Å². The minimum absolute atomic E-state index is 0.0596. The number of carbonyl (C=O) groups excluding carboxylic acids is 1. The summed E-state index contributed by atoms with van der Waals surface area (Å²) < 4.78 is 19.3. The summed E-state index contributed by atoms with van der Waals surface area (Å²) in [7, 11) is 1.50. The van der Waals surface area contributed by atoms with E-state index in [4.69, 9.17) is 4.74 Å². The Morgan fingerprint density at radius 3 is 2.62 bits per heavy atom. The molecule has 0 bridgehead atoms. The third kappa shape index (κ3) is 4.28. The van der Waals surface area contributed by atoms with Crippen LogP contribution in [0.5, 0.6) is 11.5 Å². The summed E-state index contributed by atoms with van der Waals surface area (Å²) in [5.74, 6) is -0.0752. The number of amides is 1.